The SMILES string of the molecule is COc1ccc(/C(O)=C2\C(=O)C(=O)N(c3ccc(OCC(C)C)cc3)C2c2ccccc2C)cc1C(C)C. The van der Waals surface area contributed by atoms with Gasteiger partial charge in [0.05, 0.1) is 25.3 Å². The number of carbonyl (C=O) groups is 2. The smallest absolute Gasteiger partial charge is 0.300 e. The molecule has 6 nitrogen and oxygen atoms in total. The van der Waals surface area contributed by atoms with Gasteiger partial charge in [-0.05, 0) is 77.9 Å². The molecule has 1 aliphatic rings. The van der Waals surface area contributed by atoms with Crippen LogP contribution in [0.2, 0.25) is 0 Å². The Morgan fingerprint density at radius 3 is 2.26 bits per heavy atom. The molecule has 1 fully saturated rings. The van der Waals surface area contributed by atoms with Gasteiger partial charge in [-0.25, -0.2) is 0 Å². The van der Waals surface area contributed by atoms with E-state index in [4.69, 9.17) is 9.47 Å². The quantitative estimate of drug-likeness (QED) is 0.204. The van der Waals surface area contributed by atoms with Crippen LogP contribution in [0.5, 0.6) is 11.5 Å². The van der Waals surface area contributed by atoms with Crippen LogP contribution < -0.4 is 14.4 Å². The number of aryl methyl sites for hydroxylation is 1. The van der Waals surface area contributed by atoms with Gasteiger partial charge in [-0.1, -0.05) is 52.0 Å². The number of nitrogens with zero attached hydrogens (tertiary/aromatic N) is 1. The number of rotatable bonds is 8. The van der Waals surface area contributed by atoms with E-state index in [9.17, 15) is 14.7 Å². The molecule has 0 bridgehead atoms. The number of ether oxygens (including phenoxy) is 2. The van der Waals surface area contributed by atoms with Crippen molar-refractivity contribution in [1.29, 1.82) is 0 Å². The van der Waals surface area contributed by atoms with E-state index < -0.39 is 17.7 Å². The van der Waals surface area contributed by atoms with E-state index >= 15 is 0 Å². The second-order valence-corrected chi connectivity index (χ2v) is 10.3. The van der Waals surface area contributed by atoms with Crippen LogP contribution >= 0.6 is 0 Å². The number of amides is 1. The van der Waals surface area contributed by atoms with Gasteiger partial charge in [0.15, 0.2) is 0 Å². The second kappa shape index (κ2) is 11.1. The second-order valence-electron chi connectivity index (χ2n) is 10.3. The normalized spacial score (nSPS) is 16.9. The molecule has 198 valence electrons. The number of aliphatic hydroxyl groups excluding tert-OH is 1. The third-order valence-corrected chi connectivity index (χ3v) is 6.75. The van der Waals surface area contributed by atoms with Gasteiger partial charge in [-0.2, -0.15) is 0 Å². The number of hydrogen-bond donors (Lipinski definition) is 1. The number of benzene rings is 3. The van der Waals surface area contributed by atoms with E-state index in [2.05, 4.69) is 13.8 Å². The number of anilines is 1. The van der Waals surface area contributed by atoms with Crippen molar-refractivity contribution >= 4 is 23.1 Å². The fourth-order valence-corrected chi connectivity index (χ4v) is 4.74. The first kappa shape index (κ1) is 27.0. The van der Waals surface area contributed by atoms with Crippen molar-refractivity contribution in [2.24, 2.45) is 5.92 Å². The van der Waals surface area contributed by atoms with E-state index in [1.807, 2.05) is 51.1 Å². The molecular weight excluding hydrogens is 478 g/mol. The Hall–Kier alpha value is -4.06. The molecule has 0 aliphatic carbocycles. The number of hydrogen-bond acceptors (Lipinski definition) is 5. The first-order valence-corrected chi connectivity index (χ1v) is 12.9. The van der Waals surface area contributed by atoms with Gasteiger partial charge >= 0.3 is 0 Å². The van der Waals surface area contributed by atoms with Crippen LogP contribution in [0.3, 0.4) is 0 Å². The Morgan fingerprint density at radius 2 is 1.66 bits per heavy atom. The molecule has 0 saturated carbocycles. The molecule has 4 rings (SSSR count). The van der Waals surface area contributed by atoms with Gasteiger partial charge in [0.25, 0.3) is 11.7 Å². The summed E-state index contributed by atoms with van der Waals surface area (Å²) in [4.78, 5) is 28.5. The van der Waals surface area contributed by atoms with Crippen molar-refractivity contribution in [1.82, 2.24) is 0 Å². The summed E-state index contributed by atoms with van der Waals surface area (Å²) in [6.45, 7) is 10.7. The first-order chi connectivity index (χ1) is 18.1. The lowest BCUT2D eigenvalue weighted by atomic mass is 9.91. The van der Waals surface area contributed by atoms with Gasteiger partial charge in [0, 0.05) is 11.3 Å². The average molecular weight is 514 g/mol. The molecule has 0 radical (unpaired) electrons. The van der Waals surface area contributed by atoms with Gasteiger partial charge in [-0.3, -0.25) is 14.5 Å². The van der Waals surface area contributed by atoms with Crippen molar-refractivity contribution in [3.8, 4) is 11.5 Å². The Morgan fingerprint density at radius 1 is 0.974 bits per heavy atom. The molecule has 1 N–H and O–H groups in total. The zero-order valence-electron chi connectivity index (χ0n) is 22.8. The standard InChI is InChI=1S/C32H35NO5/c1-19(2)18-38-24-14-12-23(13-15-24)33-29(25-10-8-7-9-21(25)5)28(31(35)32(33)36)30(34)22-11-16-27(37-6)26(17-22)20(3)4/h7-17,19-20,29,34H,18H2,1-6H3/b30-28+. The van der Waals surface area contributed by atoms with Crippen molar-refractivity contribution in [3.63, 3.8) is 0 Å². The summed E-state index contributed by atoms with van der Waals surface area (Å²) in [5, 5.41) is 11.6. The van der Waals surface area contributed by atoms with Crippen LogP contribution in [-0.4, -0.2) is 30.5 Å². The monoisotopic (exact) mass is 513 g/mol. The molecular formula is C32H35NO5. The average Bonchev–Trinajstić information content (AvgIpc) is 3.17. The Bertz CT molecular complexity index is 1370. The summed E-state index contributed by atoms with van der Waals surface area (Å²) in [5.41, 5.74) is 3.65. The summed E-state index contributed by atoms with van der Waals surface area (Å²) in [6, 6.07) is 19.3. The lowest BCUT2D eigenvalue weighted by Crippen LogP contribution is -2.29. The fourth-order valence-electron chi connectivity index (χ4n) is 4.74. The van der Waals surface area contributed by atoms with E-state index in [1.165, 1.54) is 4.90 Å². The number of aliphatic hydroxyl groups is 1. The Balaban J connectivity index is 1.87. The minimum Gasteiger partial charge on any atom is -0.507 e. The summed E-state index contributed by atoms with van der Waals surface area (Å²) >= 11 is 0. The van der Waals surface area contributed by atoms with Gasteiger partial charge in [0.1, 0.15) is 17.3 Å². The maximum absolute atomic E-state index is 13.5. The number of carbonyl (C=O) groups excluding carboxylic acids is 2. The van der Waals surface area contributed by atoms with Gasteiger partial charge in [0.2, 0.25) is 0 Å². The molecule has 3 aromatic carbocycles. The predicted octanol–water partition coefficient (Wildman–Crippen LogP) is 6.79. The molecule has 1 unspecified atom stereocenters. The molecule has 1 atom stereocenters. The largest absolute Gasteiger partial charge is 0.507 e. The Kier molecular flexibility index (Phi) is 7.91. The summed E-state index contributed by atoms with van der Waals surface area (Å²) < 4.78 is 11.3. The molecule has 38 heavy (non-hydrogen) atoms. The number of ketones is 1. The molecule has 1 amide bonds. The molecule has 0 spiro atoms. The van der Waals surface area contributed by atoms with Crippen LogP contribution in [0.1, 0.15) is 61.9 Å². The van der Waals surface area contributed by atoms with Crippen LogP contribution in [0, 0.1) is 12.8 Å². The third kappa shape index (κ3) is 5.17. The molecule has 1 saturated heterocycles. The highest BCUT2D eigenvalue weighted by Gasteiger charge is 2.47. The van der Waals surface area contributed by atoms with Crippen molar-refractivity contribution in [3.05, 3.63) is 94.6 Å². The lowest BCUT2D eigenvalue weighted by Gasteiger charge is -2.27. The van der Waals surface area contributed by atoms with Gasteiger partial charge < -0.3 is 14.6 Å². The minimum absolute atomic E-state index is 0.0595. The number of Topliss-reactive ketones (excluding diaryl/α,β-unsaturated/α-hetero) is 1. The van der Waals surface area contributed by atoms with Crippen LogP contribution in [0.4, 0.5) is 5.69 Å². The van der Waals surface area contributed by atoms with E-state index in [0.717, 1.165) is 16.7 Å². The topological polar surface area (TPSA) is 76.1 Å². The highest BCUT2D eigenvalue weighted by molar-refractivity contribution is 6.51. The number of methoxy groups -OCH3 is 1. The fraction of sp³-hybridized carbons (Fsp3) is 0.312. The van der Waals surface area contributed by atoms with E-state index in [1.54, 1.807) is 43.5 Å². The highest BCUT2D eigenvalue weighted by Crippen LogP contribution is 2.44. The summed E-state index contributed by atoms with van der Waals surface area (Å²) in [6.07, 6.45) is 0. The van der Waals surface area contributed by atoms with Crippen molar-refractivity contribution < 1.29 is 24.2 Å². The third-order valence-electron chi connectivity index (χ3n) is 6.75. The zero-order chi connectivity index (χ0) is 27.6. The van der Waals surface area contributed by atoms with Crippen molar-refractivity contribution in [2.75, 3.05) is 18.6 Å². The minimum atomic E-state index is -0.789. The van der Waals surface area contributed by atoms with E-state index in [-0.39, 0.29) is 17.3 Å². The molecule has 1 aliphatic heterocycles. The van der Waals surface area contributed by atoms with E-state index in [0.29, 0.717) is 35.3 Å². The Labute approximate surface area is 224 Å². The van der Waals surface area contributed by atoms with Crippen molar-refractivity contribution in [2.45, 2.75) is 46.6 Å². The van der Waals surface area contributed by atoms with Gasteiger partial charge in [-0.15, -0.1) is 0 Å². The van der Waals surface area contributed by atoms with Crippen LogP contribution in [-0.2, 0) is 9.59 Å². The lowest BCUT2D eigenvalue weighted by molar-refractivity contribution is -0.132. The maximum atomic E-state index is 13.5. The van der Waals surface area contributed by atoms with Crippen LogP contribution in [0.15, 0.2) is 72.3 Å². The van der Waals surface area contributed by atoms with Crippen LogP contribution in [0.25, 0.3) is 5.76 Å². The molecule has 1 heterocycles. The molecule has 3 aromatic rings. The maximum Gasteiger partial charge on any atom is 0.300 e. The zero-order valence-corrected chi connectivity index (χ0v) is 22.8. The summed E-state index contributed by atoms with van der Waals surface area (Å²) in [5.74, 6) is 0.274. The predicted molar refractivity (Wildman–Crippen MR) is 150 cm³/mol. The molecule has 6 heteroatoms. The highest BCUT2D eigenvalue weighted by atomic mass is 16.5. The molecule has 0 aromatic heterocycles. The first-order valence-electron chi connectivity index (χ1n) is 12.9. The summed E-state index contributed by atoms with van der Waals surface area (Å²) in [7, 11) is 1.60.